The molecule has 1 atom stereocenters. The van der Waals surface area contributed by atoms with Crippen LogP contribution in [0, 0.1) is 0 Å². The van der Waals surface area contributed by atoms with E-state index >= 15 is 0 Å². The smallest absolute Gasteiger partial charge is 0.257 e. The van der Waals surface area contributed by atoms with Crippen molar-refractivity contribution in [3.05, 3.63) is 47.5 Å². The average molecular weight is 412 g/mol. The number of anilines is 1. The van der Waals surface area contributed by atoms with Crippen molar-refractivity contribution in [3.63, 3.8) is 0 Å². The number of amides is 1. The number of oxazole rings is 1. The maximum Gasteiger partial charge on any atom is 0.257 e. The Morgan fingerprint density at radius 2 is 1.96 bits per heavy atom. The number of aromatic nitrogens is 1. The Kier molecular flexibility index (Phi) is 5.24. The third kappa shape index (κ3) is 4.36. The topological polar surface area (TPSA) is 115 Å². The molecule has 0 aliphatic heterocycles. The van der Waals surface area contributed by atoms with E-state index in [1.54, 1.807) is 25.1 Å². The second-order valence-corrected chi connectivity index (χ2v) is 8.70. The standard InChI is InChI=1S/C16H14ClN3O4S2/c1-9(25-16-20-13-7-2-10(17)8-14(13)24-16)15(21)19-11-3-5-12(6-4-11)26(18,22)23/h2-9H,1H3,(H,19,21)(H2,18,22,23)/t9-/m0/s1. The molecule has 2 aromatic carbocycles. The fraction of sp³-hybridized carbons (Fsp3) is 0.125. The van der Waals surface area contributed by atoms with Crippen molar-refractivity contribution >= 4 is 56.1 Å². The van der Waals surface area contributed by atoms with Crippen molar-refractivity contribution in [1.29, 1.82) is 0 Å². The van der Waals surface area contributed by atoms with E-state index in [1.165, 1.54) is 24.3 Å². The third-order valence-corrected chi connectivity index (χ3v) is 5.54. The fourth-order valence-corrected chi connectivity index (χ4v) is 3.54. The van der Waals surface area contributed by atoms with E-state index in [2.05, 4.69) is 10.3 Å². The van der Waals surface area contributed by atoms with Gasteiger partial charge in [0.1, 0.15) is 5.52 Å². The summed E-state index contributed by atoms with van der Waals surface area (Å²) in [6.07, 6.45) is 0. The highest BCUT2D eigenvalue weighted by Gasteiger charge is 2.18. The molecule has 0 radical (unpaired) electrons. The summed E-state index contributed by atoms with van der Waals surface area (Å²) in [5.41, 5.74) is 1.66. The minimum Gasteiger partial charge on any atom is -0.431 e. The number of fused-ring (bicyclic) bond motifs is 1. The van der Waals surface area contributed by atoms with Crippen molar-refractivity contribution in [3.8, 4) is 0 Å². The summed E-state index contributed by atoms with van der Waals surface area (Å²) >= 11 is 7.07. The first-order valence-electron chi connectivity index (χ1n) is 7.39. The molecule has 0 spiro atoms. The predicted octanol–water partition coefficient (Wildman–Crippen LogP) is 3.25. The molecule has 136 valence electrons. The van der Waals surface area contributed by atoms with E-state index in [9.17, 15) is 13.2 Å². The van der Waals surface area contributed by atoms with Crippen LogP contribution in [0.1, 0.15) is 6.92 Å². The van der Waals surface area contributed by atoms with Crippen LogP contribution in [-0.4, -0.2) is 24.6 Å². The Bertz CT molecular complexity index is 1060. The number of hydrogen-bond donors (Lipinski definition) is 2. The number of hydrogen-bond acceptors (Lipinski definition) is 6. The number of rotatable bonds is 5. The molecule has 0 saturated heterocycles. The number of carbonyl (C=O) groups is 1. The Hall–Kier alpha value is -2.07. The molecule has 7 nitrogen and oxygen atoms in total. The molecular weight excluding hydrogens is 398 g/mol. The van der Waals surface area contributed by atoms with Gasteiger partial charge in [0.15, 0.2) is 5.58 Å². The lowest BCUT2D eigenvalue weighted by Crippen LogP contribution is -2.22. The van der Waals surface area contributed by atoms with Crippen LogP contribution in [0.15, 0.2) is 57.0 Å². The van der Waals surface area contributed by atoms with Gasteiger partial charge in [-0.1, -0.05) is 23.4 Å². The molecule has 0 fully saturated rings. The summed E-state index contributed by atoms with van der Waals surface area (Å²) in [6.45, 7) is 1.71. The lowest BCUT2D eigenvalue weighted by atomic mass is 10.3. The van der Waals surface area contributed by atoms with E-state index in [1.807, 2.05) is 0 Å². The number of nitrogens with one attached hydrogen (secondary N) is 1. The van der Waals surface area contributed by atoms with Crippen LogP contribution >= 0.6 is 23.4 Å². The van der Waals surface area contributed by atoms with Crippen LogP contribution in [0.5, 0.6) is 0 Å². The molecule has 3 N–H and O–H groups in total. The number of carbonyl (C=O) groups excluding carboxylic acids is 1. The molecule has 1 amide bonds. The predicted molar refractivity (Wildman–Crippen MR) is 101 cm³/mol. The number of thioether (sulfide) groups is 1. The highest BCUT2D eigenvalue weighted by molar-refractivity contribution is 8.00. The quantitative estimate of drug-likeness (QED) is 0.622. The molecular formula is C16H14ClN3O4S2. The second-order valence-electron chi connectivity index (χ2n) is 5.41. The summed E-state index contributed by atoms with van der Waals surface area (Å²) in [6, 6.07) is 10.7. The average Bonchev–Trinajstić information content (AvgIpc) is 2.95. The maximum atomic E-state index is 12.3. The highest BCUT2D eigenvalue weighted by Crippen LogP contribution is 2.28. The van der Waals surface area contributed by atoms with Gasteiger partial charge in [0.25, 0.3) is 5.22 Å². The van der Waals surface area contributed by atoms with Crippen molar-refractivity contribution in [2.75, 3.05) is 5.32 Å². The molecule has 0 saturated carbocycles. The van der Waals surface area contributed by atoms with Gasteiger partial charge in [-0.2, -0.15) is 0 Å². The fourth-order valence-electron chi connectivity index (χ4n) is 2.10. The second kappa shape index (κ2) is 7.28. The number of sulfonamides is 1. The molecule has 0 aliphatic carbocycles. The Morgan fingerprint density at radius 1 is 1.27 bits per heavy atom. The largest absolute Gasteiger partial charge is 0.431 e. The minimum absolute atomic E-state index is 0.0249. The van der Waals surface area contributed by atoms with Crippen LogP contribution in [0.2, 0.25) is 5.02 Å². The Labute approximate surface area is 159 Å². The van der Waals surface area contributed by atoms with Gasteiger partial charge in [0.05, 0.1) is 10.1 Å². The van der Waals surface area contributed by atoms with Gasteiger partial charge in [-0.15, -0.1) is 0 Å². The monoisotopic (exact) mass is 411 g/mol. The highest BCUT2D eigenvalue weighted by atomic mass is 35.5. The zero-order chi connectivity index (χ0) is 18.9. The van der Waals surface area contributed by atoms with Crippen LogP contribution in [0.25, 0.3) is 11.1 Å². The molecule has 0 aliphatic rings. The van der Waals surface area contributed by atoms with E-state index in [0.29, 0.717) is 27.0 Å². The molecule has 26 heavy (non-hydrogen) atoms. The van der Waals surface area contributed by atoms with Crippen LogP contribution < -0.4 is 10.5 Å². The first-order valence-corrected chi connectivity index (χ1v) is 10.2. The van der Waals surface area contributed by atoms with Gasteiger partial charge in [0, 0.05) is 16.8 Å². The summed E-state index contributed by atoms with van der Waals surface area (Å²) in [5, 5.41) is 8.14. The summed E-state index contributed by atoms with van der Waals surface area (Å²) in [7, 11) is -3.77. The van der Waals surface area contributed by atoms with E-state index in [-0.39, 0.29) is 10.8 Å². The molecule has 3 aromatic rings. The molecule has 3 rings (SSSR count). The first-order chi connectivity index (χ1) is 12.2. The Morgan fingerprint density at radius 3 is 2.62 bits per heavy atom. The van der Waals surface area contributed by atoms with E-state index in [4.69, 9.17) is 21.2 Å². The van der Waals surface area contributed by atoms with Crippen LogP contribution in [0.3, 0.4) is 0 Å². The van der Waals surface area contributed by atoms with Crippen molar-refractivity contribution in [1.82, 2.24) is 4.98 Å². The van der Waals surface area contributed by atoms with E-state index in [0.717, 1.165) is 11.8 Å². The van der Waals surface area contributed by atoms with E-state index < -0.39 is 15.3 Å². The molecule has 0 unspecified atom stereocenters. The van der Waals surface area contributed by atoms with Gasteiger partial charge in [-0.05, 0) is 43.3 Å². The number of nitrogens with zero attached hydrogens (tertiary/aromatic N) is 1. The van der Waals surface area contributed by atoms with Crippen molar-refractivity contribution in [2.45, 2.75) is 22.3 Å². The summed E-state index contributed by atoms with van der Waals surface area (Å²) < 4.78 is 28.0. The molecule has 0 bridgehead atoms. The van der Waals surface area contributed by atoms with Gasteiger partial charge in [-0.3, -0.25) is 4.79 Å². The number of benzene rings is 2. The summed E-state index contributed by atoms with van der Waals surface area (Å²) in [5.74, 6) is -0.279. The number of halogens is 1. The van der Waals surface area contributed by atoms with Crippen LogP contribution in [-0.2, 0) is 14.8 Å². The normalized spacial score (nSPS) is 12.9. The van der Waals surface area contributed by atoms with Crippen LogP contribution in [0.4, 0.5) is 5.69 Å². The zero-order valence-corrected chi connectivity index (χ0v) is 15.9. The number of primary sulfonamides is 1. The first kappa shape index (κ1) is 18.7. The van der Waals surface area contributed by atoms with Gasteiger partial charge in [0.2, 0.25) is 15.9 Å². The number of nitrogens with two attached hydrogens (primary N) is 1. The summed E-state index contributed by atoms with van der Waals surface area (Å²) in [4.78, 5) is 16.6. The molecule has 10 heteroatoms. The Balaban J connectivity index is 1.67. The molecule has 1 heterocycles. The van der Waals surface area contributed by atoms with Crippen molar-refractivity contribution < 1.29 is 17.6 Å². The maximum absolute atomic E-state index is 12.3. The van der Waals surface area contributed by atoms with Crippen molar-refractivity contribution in [2.24, 2.45) is 5.14 Å². The van der Waals surface area contributed by atoms with Gasteiger partial charge < -0.3 is 9.73 Å². The minimum atomic E-state index is -3.77. The zero-order valence-electron chi connectivity index (χ0n) is 13.5. The third-order valence-electron chi connectivity index (χ3n) is 3.43. The molecule has 1 aromatic heterocycles. The lowest BCUT2D eigenvalue weighted by Gasteiger charge is -2.10. The van der Waals surface area contributed by atoms with Gasteiger partial charge >= 0.3 is 0 Å². The lowest BCUT2D eigenvalue weighted by molar-refractivity contribution is -0.115. The van der Waals surface area contributed by atoms with Gasteiger partial charge in [-0.25, -0.2) is 18.5 Å². The SMILES string of the molecule is C[C@H](Sc1nc2ccc(Cl)cc2o1)C(=O)Nc1ccc(S(N)(=O)=O)cc1.